The van der Waals surface area contributed by atoms with Gasteiger partial charge < -0.3 is 14.4 Å². The third-order valence-electron chi connectivity index (χ3n) is 9.09. The minimum Gasteiger partial charge on any atom is -0.476 e. The summed E-state index contributed by atoms with van der Waals surface area (Å²) < 4.78 is 6.48. The van der Waals surface area contributed by atoms with Gasteiger partial charge in [-0.05, 0) is 66.8 Å². The molecular weight excluding hydrogens is 789 g/mol. The van der Waals surface area contributed by atoms with E-state index in [0.29, 0.717) is 0 Å². The van der Waals surface area contributed by atoms with E-state index in [9.17, 15) is 0 Å². The number of furan rings is 1. The number of hydrogen-bond donors (Lipinski definition) is 0. The molecule has 10 rings (SSSR count). The fourth-order valence-electron chi connectivity index (χ4n) is 6.76. The summed E-state index contributed by atoms with van der Waals surface area (Å²) in [5.41, 5.74) is 7.84. The van der Waals surface area contributed by atoms with Crippen molar-refractivity contribution in [2.75, 3.05) is 0 Å². The van der Waals surface area contributed by atoms with Crippen molar-refractivity contribution in [2.45, 2.75) is 0 Å². The van der Waals surface area contributed by atoms with Gasteiger partial charge in [0.1, 0.15) is 5.58 Å². The topological polar surface area (TPSA) is 38.9 Å². The Kier molecular flexibility index (Phi) is 8.48. The molecule has 1 radical (unpaired) electrons. The van der Waals surface area contributed by atoms with Crippen LogP contribution in [0.4, 0.5) is 0 Å². The van der Waals surface area contributed by atoms with Gasteiger partial charge in [0.15, 0.2) is 0 Å². The SMILES string of the molecule is [Ir].[c-]1cc2c(cc1-c1nccc3c1ccc1c4ccccc4ccc31)oc1c(-c3ccccc3)cccc12.[c-]1ccccc1-c1ccccn1. The van der Waals surface area contributed by atoms with E-state index in [4.69, 9.17) is 9.40 Å². The first-order chi connectivity index (χ1) is 24.3. The summed E-state index contributed by atoms with van der Waals surface area (Å²) in [6.07, 6.45) is 3.69. The van der Waals surface area contributed by atoms with Crippen LogP contribution in [0.15, 0.2) is 175 Å². The summed E-state index contributed by atoms with van der Waals surface area (Å²) in [5, 5.41) is 9.48. The van der Waals surface area contributed by atoms with Crippen LogP contribution < -0.4 is 0 Å². The van der Waals surface area contributed by atoms with E-state index in [-0.39, 0.29) is 20.1 Å². The molecule has 0 amide bonds. The van der Waals surface area contributed by atoms with Crippen LogP contribution in [0.25, 0.3) is 87.9 Å². The van der Waals surface area contributed by atoms with Gasteiger partial charge in [-0.3, -0.25) is 0 Å². The molecule has 3 nitrogen and oxygen atoms in total. The normalized spacial score (nSPS) is 11.0. The van der Waals surface area contributed by atoms with E-state index < -0.39 is 0 Å². The fraction of sp³-hybridized carbons (Fsp3) is 0. The van der Waals surface area contributed by atoms with Crippen LogP contribution in [0, 0.1) is 12.1 Å². The molecule has 4 heteroatoms. The Morgan fingerprint density at radius 2 is 1.24 bits per heavy atom. The molecule has 0 N–H and O–H groups in total. The zero-order valence-corrected chi connectivity index (χ0v) is 29.2. The Hall–Kier alpha value is -5.93. The molecule has 0 aliphatic heterocycles. The number of benzene rings is 7. The molecule has 0 saturated heterocycles. The molecule has 0 saturated carbocycles. The summed E-state index contributed by atoms with van der Waals surface area (Å²) >= 11 is 0. The van der Waals surface area contributed by atoms with Crippen LogP contribution in [0.3, 0.4) is 0 Å². The molecule has 10 aromatic rings. The van der Waals surface area contributed by atoms with Crippen molar-refractivity contribution in [3.8, 4) is 33.6 Å². The molecule has 7 aromatic carbocycles. The van der Waals surface area contributed by atoms with Gasteiger partial charge in [0.2, 0.25) is 0 Å². The zero-order valence-electron chi connectivity index (χ0n) is 26.8. The first-order valence-electron chi connectivity index (χ1n) is 16.3. The maximum atomic E-state index is 6.48. The second-order valence-electron chi connectivity index (χ2n) is 12.0. The molecule has 239 valence electrons. The monoisotopic (exact) mass is 817 g/mol. The molecule has 0 aliphatic rings. The van der Waals surface area contributed by atoms with Crippen LogP contribution in [-0.4, -0.2) is 9.97 Å². The van der Waals surface area contributed by atoms with Gasteiger partial charge in [-0.25, -0.2) is 0 Å². The number of nitrogens with zero attached hydrogens (tertiary/aromatic N) is 2. The van der Waals surface area contributed by atoms with E-state index in [1.165, 1.54) is 26.9 Å². The molecule has 0 spiro atoms. The van der Waals surface area contributed by atoms with Gasteiger partial charge in [-0.2, -0.15) is 0 Å². The van der Waals surface area contributed by atoms with Crippen LogP contribution in [0.2, 0.25) is 0 Å². The largest absolute Gasteiger partial charge is 0.476 e. The predicted molar refractivity (Wildman–Crippen MR) is 202 cm³/mol. The van der Waals surface area contributed by atoms with Crippen molar-refractivity contribution < 1.29 is 24.5 Å². The van der Waals surface area contributed by atoms with E-state index in [1.807, 2.05) is 60.8 Å². The number of para-hydroxylation sites is 1. The number of hydrogen-bond acceptors (Lipinski definition) is 3. The zero-order chi connectivity index (χ0) is 32.6. The quantitative estimate of drug-likeness (QED) is 0.132. The number of aromatic nitrogens is 2. The van der Waals surface area contributed by atoms with Gasteiger partial charge in [0.05, 0.1) is 5.58 Å². The second-order valence-corrected chi connectivity index (χ2v) is 12.0. The fourth-order valence-corrected chi connectivity index (χ4v) is 6.76. The van der Waals surface area contributed by atoms with Crippen LogP contribution in [0.5, 0.6) is 0 Å². The smallest absolute Gasteiger partial charge is 0.131 e. The third-order valence-corrected chi connectivity index (χ3v) is 9.09. The molecule has 50 heavy (non-hydrogen) atoms. The van der Waals surface area contributed by atoms with Gasteiger partial charge >= 0.3 is 0 Å². The number of rotatable bonds is 3. The van der Waals surface area contributed by atoms with E-state index in [2.05, 4.69) is 120 Å². The third kappa shape index (κ3) is 5.65. The van der Waals surface area contributed by atoms with Gasteiger partial charge in [-0.1, -0.05) is 121 Å². The first kappa shape index (κ1) is 31.3. The van der Waals surface area contributed by atoms with Crippen molar-refractivity contribution in [1.82, 2.24) is 9.97 Å². The van der Waals surface area contributed by atoms with E-state index in [1.54, 1.807) is 6.20 Å². The van der Waals surface area contributed by atoms with Crippen molar-refractivity contribution in [3.05, 3.63) is 182 Å². The van der Waals surface area contributed by atoms with Crippen LogP contribution in [-0.2, 0) is 20.1 Å². The molecule has 0 bridgehead atoms. The van der Waals surface area contributed by atoms with Crippen molar-refractivity contribution in [2.24, 2.45) is 0 Å². The van der Waals surface area contributed by atoms with Crippen molar-refractivity contribution in [3.63, 3.8) is 0 Å². The summed E-state index contributed by atoms with van der Waals surface area (Å²) in [4.78, 5) is 9.02. The Bertz CT molecular complexity index is 2720. The minimum atomic E-state index is 0. The Balaban J connectivity index is 0.000000236. The maximum absolute atomic E-state index is 6.48. The van der Waals surface area contributed by atoms with Gasteiger partial charge in [-0.15, -0.1) is 53.6 Å². The summed E-state index contributed by atoms with van der Waals surface area (Å²) in [6.45, 7) is 0. The molecule has 0 unspecified atom stereocenters. The van der Waals surface area contributed by atoms with Crippen LogP contribution in [0.1, 0.15) is 0 Å². The van der Waals surface area contributed by atoms with E-state index >= 15 is 0 Å². The summed E-state index contributed by atoms with van der Waals surface area (Å²) in [6, 6.07) is 60.7. The molecule has 0 fully saturated rings. The number of pyridine rings is 2. The Labute approximate surface area is 303 Å². The first-order valence-corrected chi connectivity index (χ1v) is 16.3. The minimum absolute atomic E-state index is 0. The van der Waals surface area contributed by atoms with Crippen molar-refractivity contribution in [1.29, 1.82) is 0 Å². The average Bonchev–Trinajstić information content (AvgIpc) is 3.57. The van der Waals surface area contributed by atoms with Crippen molar-refractivity contribution >= 4 is 54.3 Å². The molecule has 0 aliphatic carbocycles. The van der Waals surface area contributed by atoms with Crippen LogP contribution >= 0.6 is 0 Å². The predicted octanol–water partition coefficient (Wildman–Crippen LogP) is 12.1. The molecule has 3 heterocycles. The van der Waals surface area contributed by atoms with E-state index in [0.717, 1.165) is 61.0 Å². The van der Waals surface area contributed by atoms with Gasteiger partial charge in [0.25, 0.3) is 0 Å². The van der Waals surface area contributed by atoms with Gasteiger partial charge in [0, 0.05) is 38.1 Å². The molecule has 3 aromatic heterocycles. The maximum Gasteiger partial charge on any atom is 0.131 e. The molecule has 0 atom stereocenters. The molecular formula is C46H28IrN2O-2. The summed E-state index contributed by atoms with van der Waals surface area (Å²) in [7, 11) is 0. The summed E-state index contributed by atoms with van der Waals surface area (Å²) in [5.74, 6) is 0. The Morgan fingerprint density at radius 1 is 0.480 bits per heavy atom. The second kappa shape index (κ2) is 13.5. The average molecular weight is 817 g/mol. The standard InChI is InChI=1S/C35H20NO.C11H8N.Ir/c1-2-7-22(8-3-1)26-11-6-12-32-30-16-14-24(21-33(30)37-35(26)32)34-31-18-17-27-25-10-5-4-9-23(25)13-15-28(27)29(31)19-20-36-34;1-2-6-10(7-3-1)11-8-4-5-9-12-11;/h1-13,15-21H;1-6,8-9H;/q2*-1;. The number of fused-ring (bicyclic) bond motifs is 8. The Morgan fingerprint density at radius 3 is 2.10 bits per heavy atom.